The zero-order chi connectivity index (χ0) is 15.4. The number of furan rings is 1. The molecule has 0 spiro atoms. The van der Waals surface area contributed by atoms with Gasteiger partial charge in [0.1, 0.15) is 5.76 Å². The molecule has 0 bridgehead atoms. The Morgan fingerprint density at radius 3 is 2.91 bits per heavy atom. The van der Waals surface area contributed by atoms with Gasteiger partial charge in [-0.3, -0.25) is 9.69 Å². The minimum absolute atomic E-state index is 0.137. The first kappa shape index (κ1) is 14.8. The fraction of sp³-hybridized carbons (Fsp3) is 0.500. The van der Waals surface area contributed by atoms with Crippen LogP contribution in [-0.4, -0.2) is 51.9 Å². The molecule has 0 aliphatic carbocycles. The normalized spacial score (nSPS) is 16.8. The summed E-state index contributed by atoms with van der Waals surface area (Å²) < 4.78 is 7.45. The van der Waals surface area contributed by atoms with Gasteiger partial charge in [-0.1, -0.05) is 0 Å². The zero-order valence-corrected chi connectivity index (χ0v) is 12.9. The van der Waals surface area contributed by atoms with Crippen LogP contribution in [0.15, 0.2) is 41.5 Å². The largest absolute Gasteiger partial charge is 0.467 e. The SMILES string of the molecule is CN(Cc1ccco1)C(=O)CN1CCC(n2ccnc2)CC1. The standard InChI is InChI=1S/C16H22N4O2/c1-18(11-15-3-2-10-22-15)16(21)12-19-7-4-14(5-8-19)20-9-6-17-13-20/h2-3,6,9-10,13-14H,4-5,7-8,11-12H2,1H3. The number of nitrogens with zero attached hydrogens (tertiary/aromatic N) is 4. The highest BCUT2D eigenvalue weighted by Gasteiger charge is 2.22. The Labute approximate surface area is 130 Å². The van der Waals surface area contributed by atoms with Crippen molar-refractivity contribution in [2.45, 2.75) is 25.4 Å². The number of likely N-dealkylation sites (N-methyl/N-ethyl adjacent to an activating group) is 1. The first-order valence-electron chi connectivity index (χ1n) is 7.68. The van der Waals surface area contributed by atoms with E-state index in [2.05, 4.69) is 14.5 Å². The lowest BCUT2D eigenvalue weighted by atomic mass is 10.1. The van der Waals surface area contributed by atoms with E-state index in [0.717, 1.165) is 31.7 Å². The van der Waals surface area contributed by atoms with E-state index < -0.39 is 0 Å². The lowest BCUT2D eigenvalue weighted by molar-refractivity contribution is -0.132. The Morgan fingerprint density at radius 1 is 1.45 bits per heavy atom. The lowest BCUT2D eigenvalue weighted by Crippen LogP contribution is -2.42. The van der Waals surface area contributed by atoms with E-state index in [1.807, 2.05) is 37.9 Å². The number of rotatable bonds is 5. The summed E-state index contributed by atoms with van der Waals surface area (Å²) in [5, 5.41) is 0. The molecule has 1 saturated heterocycles. The highest BCUT2D eigenvalue weighted by atomic mass is 16.3. The molecule has 22 heavy (non-hydrogen) atoms. The van der Waals surface area contributed by atoms with Gasteiger partial charge in [0.25, 0.3) is 0 Å². The minimum Gasteiger partial charge on any atom is -0.467 e. The van der Waals surface area contributed by atoms with Crippen molar-refractivity contribution in [3.8, 4) is 0 Å². The second-order valence-corrected chi connectivity index (χ2v) is 5.85. The molecule has 3 rings (SSSR count). The average molecular weight is 302 g/mol. The van der Waals surface area contributed by atoms with E-state index in [1.54, 1.807) is 11.2 Å². The number of amides is 1. The Hall–Kier alpha value is -2.08. The van der Waals surface area contributed by atoms with Crippen LogP contribution in [0.4, 0.5) is 0 Å². The van der Waals surface area contributed by atoms with Crippen molar-refractivity contribution in [2.75, 3.05) is 26.7 Å². The van der Waals surface area contributed by atoms with Crippen LogP contribution in [0, 0.1) is 0 Å². The summed E-state index contributed by atoms with van der Waals surface area (Å²) in [7, 11) is 1.82. The minimum atomic E-state index is 0.137. The Bertz CT molecular complexity index is 571. The van der Waals surface area contributed by atoms with Crippen molar-refractivity contribution >= 4 is 5.91 Å². The summed E-state index contributed by atoms with van der Waals surface area (Å²) >= 11 is 0. The molecule has 0 unspecified atom stereocenters. The van der Waals surface area contributed by atoms with Crippen LogP contribution in [0.25, 0.3) is 0 Å². The first-order valence-corrected chi connectivity index (χ1v) is 7.68. The summed E-state index contributed by atoms with van der Waals surface area (Å²) in [6.07, 6.45) is 9.47. The molecule has 1 fully saturated rings. The lowest BCUT2D eigenvalue weighted by Gasteiger charge is -2.32. The Balaban J connectivity index is 1.45. The maximum Gasteiger partial charge on any atom is 0.236 e. The predicted molar refractivity (Wildman–Crippen MR) is 82.1 cm³/mol. The van der Waals surface area contributed by atoms with Crippen molar-refractivity contribution in [1.82, 2.24) is 19.4 Å². The number of carbonyl (C=O) groups excluding carboxylic acids is 1. The second-order valence-electron chi connectivity index (χ2n) is 5.85. The van der Waals surface area contributed by atoms with E-state index in [9.17, 15) is 4.79 Å². The van der Waals surface area contributed by atoms with Crippen LogP contribution >= 0.6 is 0 Å². The Morgan fingerprint density at radius 2 is 2.27 bits per heavy atom. The quantitative estimate of drug-likeness (QED) is 0.845. The van der Waals surface area contributed by atoms with Gasteiger partial charge in [-0.05, 0) is 25.0 Å². The highest BCUT2D eigenvalue weighted by Crippen LogP contribution is 2.21. The van der Waals surface area contributed by atoms with Gasteiger partial charge in [-0.25, -0.2) is 4.98 Å². The monoisotopic (exact) mass is 302 g/mol. The molecule has 0 radical (unpaired) electrons. The maximum absolute atomic E-state index is 12.3. The van der Waals surface area contributed by atoms with Gasteiger partial charge in [0.05, 0.1) is 25.7 Å². The maximum atomic E-state index is 12.3. The number of aromatic nitrogens is 2. The van der Waals surface area contributed by atoms with Crippen molar-refractivity contribution in [2.24, 2.45) is 0 Å². The third-order valence-corrected chi connectivity index (χ3v) is 4.26. The summed E-state index contributed by atoms with van der Waals surface area (Å²) in [6, 6.07) is 4.24. The molecule has 2 aromatic heterocycles. The zero-order valence-electron chi connectivity index (χ0n) is 12.9. The summed E-state index contributed by atoms with van der Waals surface area (Å²) in [5.41, 5.74) is 0. The van der Waals surface area contributed by atoms with Gasteiger partial charge in [0.2, 0.25) is 5.91 Å². The fourth-order valence-corrected chi connectivity index (χ4v) is 2.90. The van der Waals surface area contributed by atoms with Crippen LogP contribution in [0.3, 0.4) is 0 Å². The smallest absolute Gasteiger partial charge is 0.236 e. The van der Waals surface area contributed by atoms with Crippen LogP contribution in [0.2, 0.25) is 0 Å². The molecule has 1 aliphatic rings. The number of hydrogen-bond acceptors (Lipinski definition) is 4. The first-order chi connectivity index (χ1) is 10.7. The summed E-state index contributed by atoms with van der Waals surface area (Å²) in [6.45, 7) is 2.90. The third-order valence-electron chi connectivity index (χ3n) is 4.26. The van der Waals surface area contributed by atoms with Gasteiger partial charge in [-0.15, -0.1) is 0 Å². The van der Waals surface area contributed by atoms with Crippen LogP contribution in [0.1, 0.15) is 24.6 Å². The molecule has 0 aromatic carbocycles. The van der Waals surface area contributed by atoms with Crippen LogP contribution in [0.5, 0.6) is 0 Å². The molecule has 6 nitrogen and oxygen atoms in total. The van der Waals surface area contributed by atoms with Crippen LogP contribution < -0.4 is 0 Å². The molecule has 0 saturated carbocycles. The van der Waals surface area contributed by atoms with Gasteiger partial charge in [0.15, 0.2) is 0 Å². The van der Waals surface area contributed by atoms with Crippen molar-refractivity contribution in [1.29, 1.82) is 0 Å². The predicted octanol–water partition coefficient (Wildman–Crippen LogP) is 1.77. The molecule has 0 atom stereocenters. The average Bonchev–Trinajstić information content (AvgIpc) is 3.21. The molecule has 2 aromatic rings. The fourth-order valence-electron chi connectivity index (χ4n) is 2.90. The van der Waals surface area contributed by atoms with Gasteiger partial charge in [0, 0.05) is 38.6 Å². The third kappa shape index (κ3) is 3.57. The molecule has 0 N–H and O–H groups in total. The molecule has 1 aliphatic heterocycles. The summed E-state index contributed by atoms with van der Waals surface area (Å²) in [5.74, 6) is 0.951. The number of hydrogen-bond donors (Lipinski definition) is 0. The molecule has 118 valence electrons. The molecular weight excluding hydrogens is 280 g/mol. The van der Waals surface area contributed by atoms with Gasteiger partial charge < -0.3 is 13.9 Å². The number of carbonyl (C=O) groups is 1. The van der Waals surface area contributed by atoms with Gasteiger partial charge >= 0.3 is 0 Å². The van der Waals surface area contributed by atoms with E-state index in [-0.39, 0.29) is 5.91 Å². The number of imidazole rings is 1. The number of likely N-dealkylation sites (tertiary alicyclic amines) is 1. The highest BCUT2D eigenvalue weighted by molar-refractivity contribution is 5.77. The summed E-state index contributed by atoms with van der Waals surface area (Å²) in [4.78, 5) is 20.3. The van der Waals surface area contributed by atoms with E-state index >= 15 is 0 Å². The second kappa shape index (κ2) is 6.79. The van der Waals surface area contributed by atoms with Crippen molar-refractivity contribution < 1.29 is 9.21 Å². The Kier molecular flexibility index (Phi) is 4.58. The van der Waals surface area contributed by atoms with Crippen LogP contribution in [-0.2, 0) is 11.3 Å². The van der Waals surface area contributed by atoms with E-state index in [1.165, 1.54) is 0 Å². The van der Waals surface area contributed by atoms with Crippen molar-refractivity contribution in [3.63, 3.8) is 0 Å². The molecule has 1 amide bonds. The molecule has 6 heteroatoms. The topological polar surface area (TPSA) is 54.5 Å². The molecular formula is C16H22N4O2. The van der Waals surface area contributed by atoms with Crippen molar-refractivity contribution in [3.05, 3.63) is 42.9 Å². The molecule has 3 heterocycles. The van der Waals surface area contributed by atoms with E-state index in [4.69, 9.17) is 4.42 Å². The van der Waals surface area contributed by atoms with Gasteiger partial charge in [-0.2, -0.15) is 0 Å². The number of piperidine rings is 1. The van der Waals surface area contributed by atoms with E-state index in [0.29, 0.717) is 19.1 Å².